The van der Waals surface area contributed by atoms with E-state index in [-0.39, 0.29) is 5.41 Å². The molecule has 8 heteroatoms. The molecule has 0 aliphatic heterocycles. The van der Waals surface area contributed by atoms with Gasteiger partial charge in [-0.25, -0.2) is 0 Å². The highest BCUT2D eigenvalue weighted by atomic mass is 32.1. The van der Waals surface area contributed by atoms with Gasteiger partial charge in [-0.3, -0.25) is 9.98 Å². The second kappa shape index (κ2) is 9.84. The fraction of sp³-hybridized carbons (Fsp3) is 0.455. The van der Waals surface area contributed by atoms with Crippen molar-refractivity contribution in [3.63, 3.8) is 0 Å². The van der Waals surface area contributed by atoms with Gasteiger partial charge in [0.25, 0.3) is 5.89 Å². The fourth-order valence-electron chi connectivity index (χ4n) is 4.03. The van der Waals surface area contributed by atoms with Crippen molar-refractivity contribution in [3.05, 3.63) is 52.6 Å². The Morgan fingerprint density at radius 3 is 2.80 bits per heavy atom. The largest absolute Gasteiger partial charge is 0.356 e. The lowest BCUT2D eigenvalue weighted by Gasteiger charge is -2.37. The quantitative estimate of drug-likeness (QED) is 0.443. The summed E-state index contributed by atoms with van der Waals surface area (Å²) in [5.74, 6) is 1.91. The molecular weight excluding hydrogens is 396 g/mol. The maximum atomic E-state index is 5.32. The number of aromatic nitrogens is 3. The first-order valence-corrected chi connectivity index (χ1v) is 11.4. The van der Waals surface area contributed by atoms with Crippen LogP contribution in [-0.2, 0) is 11.8 Å². The summed E-state index contributed by atoms with van der Waals surface area (Å²) in [6.45, 7) is 1.58. The van der Waals surface area contributed by atoms with Crippen LogP contribution >= 0.6 is 11.3 Å². The first-order valence-electron chi connectivity index (χ1n) is 10.5. The van der Waals surface area contributed by atoms with Crippen LogP contribution in [0, 0.1) is 0 Å². The summed E-state index contributed by atoms with van der Waals surface area (Å²) < 4.78 is 5.32. The zero-order chi connectivity index (χ0) is 20.7. The highest BCUT2D eigenvalue weighted by Gasteiger charge is 2.34. The Labute approximate surface area is 181 Å². The molecule has 1 aliphatic rings. The summed E-state index contributed by atoms with van der Waals surface area (Å²) >= 11 is 1.87. The van der Waals surface area contributed by atoms with Gasteiger partial charge in [0.2, 0.25) is 0 Å². The van der Waals surface area contributed by atoms with E-state index in [4.69, 9.17) is 4.52 Å². The standard InChI is InChI=1S/C22H28N6OS/c1-23-21(26-16-22(11-4-2-5-12-22)18-9-7-15-30-18)25-14-10-19-27-20(29-28-19)17-8-3-6-13-24-17/h3,6-9,13,15H,2,4-5,10-12,14,16H2,1H3,(H2,23,25,26). The first-order chi connectivity index (χ1) is 14.8. The third-order valence-electron chi connectivity index (χ3n) is 5.67. The van der Waals surface area contributed by atoms with Gasteiger partial charge in [-0.2, -0.15) is 4.98 Å². The normalized spacial score (nSPS) is 16.4. The van der Waals surface area contributed by atoms with Crippen LogP contribution in [0.25, 0.3) is 11.6 Å². The van der Waals surface area contributed by atoms with Gasteiger partial charge >= 0.3 is 0 Å². The molecule has 0 aromatic carbocycles. The minimum Gasteiger partial charge on any atom is -0.356 e. The molecule has 1 fully saturated rings. The predicted octanol–water partition coefficient (Wildman–Crippen LogP) is 3.80. The smallest absolute Gasteiger partial charge is 0.276 e. The van der Waals surface area contributed by atoms with Gasteiger partial charge in [0, 0.05) is 43.0 Å². The molecule has 30 heavy (non-hydrogen) atoms. The molecule has 7 nitrogen and oxygen atoms in total. The molecule has 0 amide bonds. The SMILES string of the molecule is CN=C(NCCc1noc(-c2ccccn2)n1)NCC1(c2cccs2)CCCCC1. The molecule has 0 radical (unpaired) electrons. The number of guanidine groups is 1. The van der Waals surface area contributed by atoms with E-state index in [1.165, 1.54) is 37.0 Å². The number of pyridine rings is 1. The molecule has 0 atom stereocenters. The Morgan fingerprint density at radius 1 is 1.17 bits per heavy atom. The number of rotatable bonds is 7. The van der Waals surface area contributed by atoms with Crippen molar-refractivity contribution in [3.8, 4) is 11.6 Å². The summed E-state index contributed by atoms with van der Waals surface area (Å²) in [5, 5.41) is 13.2. The minimum atomic E-state index is 0.218. The van der Waals surface area contributed by atoms with E-state index in [2.05, 4.69) is 48.3 Å². The predicted molar refractivity (Wildman–Crippen MR) is 120 cm³/mol. The zero-order valence-electron chi connectivity index (χ0n) is 17.3. The summed E-state index contributed by atoms with van der Waals surface area (Å²) in [6, 6.07) is 10.1. The number of hydrogen-bond acceptors (Lipinski definition) is 6. The molecule has 0 spiro atoms. The molecule has 3 aromatic heterocycles. The number of nitrogens with one attached hydrogen (secondary N) is 2. The van der Waals surface area contributed by atoms with Crippen LogP contribution in [-0.4, -0.2) is 41.2 Å². The molecule has 1 aliphatic carbocycles. The van der Waals surface area contributed by atoms with Gasteiger partial charge in [0.1, 0.15) is 5.69 Å². The van der Waals surface area contributed by atoms with Crippen LogP contribution in [0.4, 0.5) is 0 Å². The van der Waals surface area contributed by atoms with Crippen molar-refractivity contribution in [1.82, 2.24) is 25.8 Å². The topological polar surface area (TPSA) is 88.2 Å². The summed E-state index contributed by atoms with van der Waals surface area (Å²) in [5.41, 5.74) is 0.906. The first kappa shape index (κ1) is 20.5. The average Bonchev–Trinajstić information content (AvgIpc) is 3.50. The van der Waals surface area contributed by atoms with Crippen LogP contribution < -0.4 is 10.6 Å². The Morgan fingerprint density at radius 2 is 2.07 bits per heavy atom. The van der Waals surface area contributed by atoms with Gasteiger partial charge in [-0.15, -0.1) is 11.3 Å². The maximum Gasteiger partial charge on any atom is 0.276 e. The molecule has 0 saturated heterocycles. The van der Waals surface area contributed by atoms with E-state index in [0.29, 0.717) is 30.4 Å². The lowest BCUT2D eigenvalue weighted by molar-refractivity contribution is 0.296. The molecule has 0 unspecified atom stereocenters. The van der Waals surface area contributed by atoms with E-state index in [0.717, 1.165) is 12.5 Å². The van der Waals surface area contributed by atoms with E-state index in [1.54, 1.807) is 6.20 Å². The van der Waals surface area contributed by atoms with Crippen molar-refractivity contribution in [2.24, 2.45) is 4.99 Å². The van der Waals surface area contributed by atoms with E-state index in [9.17, 15) is 0 Å². The van der Waals surface area contributed by atoms with Crippen LogP contribution in [0.5, 0.6) is 0 Å². The third-order valence-corrected chi connectivity index (χ3v) is 6.78. The minimum absolute atomic E-state index is 0.218. The van der Waals surface area contributed by atoms with Crippen molar-refractivity contribution in [2.45, 2.75) is 43.9 Å². The van der Waals surface area contributed by atoms with Crippen molar-refractivity contribution in [2.75, 3.05) is 20.1 Å². The van der Waals surface area contributed by atoms with Gasteiger partial charge in [-0.05, 0) is 36.4 Å². The monoisotopic (exact) mass is 424 g/mol. The molecule has 2 N–H and O–H groups in total. The van der Waals surface area contributed by atoms with Crippen LogP contribution in [0.2, 0.25) is 0 Å². The van der Waals surface area contributed by atoms with Gasteiger partial charge in [0.05, 0.1) is 0 Å². The number of thiophene rings is 1. The number of aliphatic imine (C=N–C) groups is 1. The van der Waals surface area contributed by atoms with Gasteiger partial charge in [0.15, 0.2) is 11.8 Å². The summed E-state index contributed by atoms with van der Waals surface area (Å²) in [7, 11) is 1.81. The van der Waals surface area contributed by atoms with Crippen molar-refractivity contribution in [1.29, 1.82) is 0 Å². The summed E-state index contributed by atoms with van der Waals surface area (Å²) in [6.07, 6.45) is 8.75. The Bertz CT molecular complexity index is 932. The molecule has 0 bridgehead atoms. The van der Waals surface area contributed by atoms with Crippen LogP contribution in [0.1, 0.15) is 42.8 Å². The lowest BCUT2D eigenvalue weighted by atomic mass is 9.73. The lowest BCUT2D eigenvalue weighted by Crippen LogP contribution is -2.46. The zero-order valence-corrected chi connectivity index (χ0v) is 18.1. The number of nitrogens with zero attached hydrogens (tertiary/aromatic N) is 4. The Kier molecular flexibility index (Phi) is 6.74. The van der Waals surface area contributed by atoms with E-state index >= 15 is 0 Å². The number of hydrogen-bond donors (Lipinski definition) is 2. The maximum absolute atomic E-state index is 5.32. The highest BCUT2D eigenvalue weighted by Crippen LogP contribution is 2.41. The second-order valence-electron chi connectivity index (χ2n) is 7.65. The van der Waals surface area contributed by atoms with E-state index < -0.39 is 0 Å². The van der Waals surface area contributed by atoms with Gasteiger partial charge < -0.3 is 15.2 Å². The van der Waals surface area contributed by atoms with Crippen LogP contribution in [0.15, 0.2) is 51.4 Å². The Balaban J connectivity index is 1.29. The highest BCUT2D eigenvalue weighted by molar-refractivity contribution is 7.10. The summed E-state index contributed by atoms with van der Waals surface area (Å²) in [4.78, 5) is 14.5. The van der Waals surface area contributed by atoms with Crippen molar-refractivity contribution >= 4 is 17.3 Å². The Hall–Kier alpha value is -2.74. The fourth-order valence-corrected chi connectivity index (χ4v) is 5.02. The van der Waals surface area contributed by atoms with Crippen molar-refractivity contribution < 1.29 is 4.52 Å². The average molecular weight is 425 g/mol. The molecule has 3 aromatic rings. The molecule has 158 valence electrons. The second-order valence-corrected chi connectivity index (χ2v) is 8.60. The van der Waals surface area contributed by atoms with E-state index in [1.807, 2.05) is 36.6 Å². The van der Waals surface area contributed by atoms with Crippen LogP contribution in [0.3, 0.4) is 0 Å². The molecular formula is C22H28N6OS. The molecule has 3 heterocycles. The third kappa shape index (κ3) is 4.87. The van der Waals surface area contributed by atoms with Gasteiger partial charge in [-0.1, -0.05) is 36.6 Å². The molecule has 4 rings (SSSR count). The molecule has 1 saturated carbocycles.